The lowest BCUT2D eigenvalue weighted by molar-refractivity contribution is -0.155. The highest BCUT2D eigenvalue weighted by molar-refractivity contribution is 5.96. The number of esters is 1. The zero-order chi connectivity index (χ0) is 11.6. The highest BCUT2D eigenvalue weighted by Crippen LogP contribution is 2.23. The molecule has 1 amide bonds. The molecule has 15 heavy (non-hydrogen) atoms. The zero-order valence-corrected chi connectivity index (χ0v) is 9.61. The largest absolute Gasteiger partial charge is 0.438 e. The molecule has 0 aliphatic carbocycles. The van der Waals surface area contributed by atoms with E-state index in [1.54, 1.807) is 20.0 Å². The molecule has 0 N–H and O–H groups in total. The lowest BCUT2D eigenvalue weighted by atomic mass is 10.0. The molecule has 4 nitrogen and oxygen atoms in total. The average Bonchev–Trinajstić information content (AvgIpc) is 2.46. The molecule has 4 heteroatoms. The molecule has 0 saturated carbocycles. The Morgan fingerprint density at radius 3 is 2.60 bits per heavy atom. The van der Waals surface area contributed by atoms with Crippen molar-refractivity contribution in [3.63, 3.8) is 0 Å². The zero-order valence-electron chi connectivity index (χ0n) is 9.61. The topological polar surface area (TPSA) is 46.6 Å². The third kappa shape index (κ3) is 2.37. The standard InChI is InChI=1S/C11H17NO3/c1-5-10(13)15-9-6-8(7(2)3)11(14)12(9)4/h6-7,9H,5H2,1-4H3. The number of rotatable bonds is 3. The highest BCUT2D eigenvalue weighted by Gasteiger charge is 2.32. The summed E-state index contributed by atoms with van der Waals surface area (Å²) in [4.78, 5) is 24.2. The van der Waals surface area contributed by atoms with Gasteiger partial charge in [-0.15, -0.1) is 0 Å². The number of likely N-dealkylation sites (N-methyl/N-ethyl adjacent to an activating group) is 1. The second-order valence-corrected chi connectivity index (χ2v) is 3.93. The Morgan fingerprint density at radius 2 is 2.20 bits per heavy atom. The van der Waals surface area contributed by atoms with Crippen LogP contribution in [0, 0.1) is 5.92 Å². The Hall–Kier alpha value is -1.32. The second kappa shape index (κ2) is 4.47. The van der Waals surface area contributed by atoms with Crippen molar-refractivity contribution in [1.29, 1.82) is 0 Å². The molecule has 1 unspecified atom stereocenters. The summed E-state index contributed by atoms with van der Waals surface area (Å²) in [7, 11) is 1.64. The van der Waals surface area contributed by atoms with Crippen molar-refractivity contribution in [2.24, 2.45) is 5.92 Å². The third-order valence-electron chi connectivity index (χ3n) is 2.43. The number of hydrogen-bond donors (Lipinski definition) is 0. The maximum atomic E-state index is 11.7. The Bertz CT molecular complexity index is 307. The van der Waals surface area contributed by atoms with Crippen LogP contribution in [0.5, 0.6) is 0 Å². The molecular formula is C11H17NO3. The molecular weight excluding hydrogens is 194 g/mol. The van der Waals surface area contributed by atoms with Crippen molar-refractivity contribution in [3.05, 3.63) is 11.6 Å². The minimum absolute atomic E-state index is 0.0566. The van der Waals surface area contributed by atoms with Gasteiger partial charge in [-0.3, -0.25) is 9.59 Å². The van der Waals surface area contributed by atoms with E-state index in [2.05, 4.69) is 0 Å². The van der Waals surface area contributed by atoms with Gasteiger partial charge in [0, 0.05) is 19.0 Å². The number of carbonyl (C=O) groups excluding carboxylic acids is 2. The number of carbonyl (C=O) groups is 2. The van der Waals surface area contributed by atoms with Crippen LogP contribution in [0.25, 0.3) is 0 Å². The van der Waals surface area contributed by atoms with Crippen LogP contribution in [0.3, 0.4) is 0 Å². The second-order valence-electron chi connectivity index (χ2n) is 3.93. The van der Waals surface area contributed by atoms with Crippen LogP contribution in [0.1, 0.15) is 27.2 Å². The quantitative estimate of drug-likeness (QED) is 0.661. The minimum atomic E-state index is -0.526. The van der Waals surface area contributed by atoms with Crippen LogP contribution in [0.4, 0.5) is 0 Å². The normalized spacial score (nSPS) is 20.9. The smallest absolute Gasteiger partial charge is 0.307 e. The molecule has 1 rings (SSSR count). The van der Waals surface area contributed by atoms with Crippen molar-refractivity contribution in [2.45, 2.75) is 33.4 Å². The lowest BCUT2D eigenvalue weighted by Gasteiger charge is -2.19. The number of nitrogens with zero attached hydrogens (tertiary/aromatic N) is 1. The van der Waals surface area contributed by atoms with Gasteiger partial charge in [-0.2, -0.15) is 0 Å². The molecule has 0 aromatic rings. The summed E-state index contributed by atoms with van der Waals surface area (Å²) in [6, 6.07) is 0. The van der Waals surface area contributed by atoms with Crippen LogP contribution >= 0.6 is 0 Å². The van der Waals surface area contributed by atoms with E-state index in [-0.39, 0.29) is 17.8 Å². The Balaban J connectivity index is 2.76. The van der Waals surface area contributed by atoms with E-state index in [9.17, 15) is 9.59 Å². The van der Waals surface area contributed by atoms with Gasteiger partial charge in [-0.25, -0.2) is 0 Å². The maximum absolute atomic E-state index is 11.7. The van der Waals surface area contributed by atoms with Gasteiger partial charge in [0.25, 0.3) is 5.91 Å². The summed E-state index contributed by atoms with van der Waals surface area (Å²) in [6.45, 7) is 5.62. The monoisotopic (exact) mass is 211 g/mol. The van der Waals surface area contributed by atoms with Crippen molar-refractivity contribution in [3.8, 4) is 0 Å². The summed E-state index contributed by atoms with van der Waals surface area (Å²) in [5.41, 5.74) is 0.714. The summed E-state index contributed by atoms with van der Waals surface area (Å²) >= 11 is 0. The van der Waals surface area contributed by atoms with E-state index in [4.69, 9.17) is 4.74 Å². The van der Waals surface area contributed by atoms with E-state index in [1.807, 2.05) is 13.8 Å². The van der Waals surface area contributed by atoms with Gasteiger partial charge >= 0.3 is 5.97 Å². The van der Waals surface area contributed by atoms with Gasteiger partial charge in [-0.1, -0.05) is 20.8 Å². The molecule has 0 fully saturated rings. The van der Waals surface area contributed by atoms with Crippen molar-refractivity contribution in [1.82, 2.24) is 4.90 Å². The molecule has 1 atom stereocenters. The predicted octanol–water partition coefficient (Wildman–Crippen LogP) is 1.32. The van der Waals surface area contributed by atoms with Crippen LogP contribution in [-0.2, 0) is 14.3 Å². The molecule has 1 heterocycles. The number of ether oxygens (including phenoxy) is 1. The fraction of sp³-hybridized carbons (Fsp3) is 0.636. The van der Waals surface area contributed by atoms with E-state index in [0.717, 1.165) is 0 Å². The molecule has 0 radical (unpaired) electrons. The molecule has 0 saturated heterocycles. The van der Waals surface area contributed by atoms with Crippen molar-refractivity contribution in [2.75, 3.05) is 7.05 Å². The molecule has 1 aliphatic rings. The first kappa shape index (κ1) is 11.8. The first-order valence-electron chi connectivity index (χ1n) is 5.15. The summed E-state index contributed by atoms with van der Waals surface area (Å²) < 4.78 is 5.11. The Labute approximate surface area is 89.9 Å². The van der Waals surface area contributed by atoms with Crippen LogP contribution < -0.4 is 0 Å². The molecule has 0 aromatic carbocycles. The van der Waals surface area contributed by atoms with Gasteiger partial charge in [-0.05, 0) is 12.0 Å². The maximum Gasteiger partial charge on any atom is 0.307 e. The van der Waals surface area contributed by atoms with Crippen molar-refractivity contribution >= 4 is 11.9 Å². The van der Waals surface area contributed by atoms with E-state index in [0.29, 0.717) is 12.0 Å². The van der Waals surface area contributed by atoms with Crippen LogP contribution in [-0.4, -0.2) is 30.1 Å². The van der Waals surface area contributed by atoms with Gasteiger partial charge in [0.1, 0.15) is 0 Å². The molecule has 0 aromatic heterocycles. The first-order chi connectivity index (χ1) is 6.97. The first-order valence-corrected chi connectivity index (χ1v) is 5.15. The molecule has 0 spiro atoms. The van der Waals surface area contributed by atoms with Crippen molar-refractivity contribution < 1.29 is 14.3 Å². The van der Waals surface area contributed by atoms with Crippen LogP contribution in [0.2, 0.25) is 0 Å². The van der Waals surface area contributed by atoms with E-state index < -0.39 is 6.23 Å². The molecule has 1 aliphatic heterocycles. The molecule has 84 valence electrons. The fourth-order valence-electron chi connectivity index (χ4n) is 1.43. The Morgan fingerprint density at radius 1 is 1.60 bits per heavy atom. The van der Waals surface area contributed by atoms with E-state index in [1.165, 1.54) is 4.90 Å². The average molecular weight is 211 g/mol. The lowest BCUT2D eigenvalue weighted by Crippen LogP contribution is -2.34. The Kier molecular flexibility index (Phi) is 3.50. The van der Waals surface area contributed by atoms with E-state index >= 15 is 0 Å². The fourth-order valence-corrected chi connectivity index (χ4v) is 1.43. The predicted molar refractivity (Wildman–Crippen MR) is 55.9 cm³/mol. The number of amides is 1. The van der Waals surface area contributed by atoms with Gasteiger partial charge < -0.3 is 9.64 Å². The van der Waals surface area contributed by atoms with Gasteiger partial charge in [0.05, 0.1) is 0 Å². The number of hydrogen-bond acceptors (Lipinski definition) is 3. The van der Waals surface area contributed by atoms with Gasteiger partial charge in [0.15, 0.2) is 6.23 Å². The minimum Gasteiger partial charge on any atom is -0.438 e. The summed E-state index contributed by atoms with van der Waals surface area (Å²) in [5.74, 6) is -0.190. The summed E-state index contributed by atoms with van der Waals surface area (Å²) in [5, 5.41) is 0. The third-order valence-corrected chi connectivity index (χ3v) is 2.43. The van der Waals surface area contributed by atoms with Gasteiger partial charge in [0.2, 0.25) is 0 Å². The van der Waals surface area contributed by atoms with Crippen LogP contribution in [0.15, 0.2) is 11.6 Å². The summed E-state index contributed by atoms with van der Waals surface area (Å²) in [6.07, 6.45) is 1.52. The highest BCUT2D eigenvalue weighted by atomic mass is 16.6. The SMILES string of the molecule is CCC(=O)OC1C=C(C(C)C)C(=O)N1C. The molecule has 0 bridgehead atoms.